The standard InChI is InChI=1S/C23H19ClFN3O4/c24-18-6-5-17-16(9-11-26-13-23(17)31-20(29)7-8-21(30)32-23)22(18)28-19(10-12-27-28)14-1-3-15(25)4-2-14/h1-6,10,12,26H,7-9,11,13H2. The van der Waals surface area contributed by atoms with Crippen LogP contribution < -0.4 is 5.32 Å². The van der Waals surface area contributed by atoms with Gasteiger partial charge < -0.3 is 14.8 Å². The third kappa shape index (κ3) is 3.55. The van der Waals surface area contributed by atoms with Gasteiger partial charge in [-0.05, 0) is 61.0 Å². The Hall–Kier alpha value is -3.23. The molecule has 1 fully saturated rings. The molecule has 3 aromatic rings. The van der Waals surface area contributed by atoms with Crippen molar-refractivity contribution in [1.82, 2.24) is 15.1 Å². The SMILES string of the molecule is O=C1CCC(=O)OC2(CNCCc3c2ccc(Cl)c3-n2nccc2-c2ccc(F)cc2)O1. The highest BCUT2D eigenvalue weighted by Gasteiger charge is 2.46. The fourth-order valence-electron chi connectivity index (χ4n) is 4.21. The Morgan fingerprint density at radius 1 is 1.00 bits per heavy atom. The molecule has 0 amide bonds. The minimum absolute atomic E-state index is 0.0375. The van der Waals surface area contributed by atoms with Crippen molar-refractivity contribution in [1.29, 1.82) is 0 Å². The molecule has 0 unspecified atom stereocenters. The number of rotatable bonds is 2. The number of carbonyl (C=O) groups excluding carboxylic acids is 2. The van der Waals surface area contributed by atoms with Gasteiger partial charge in [-0.3, -0.25) is 9.59 Å². The molecule has 1 aromatic heterocycles. The number of carbonyl (C=O) groups is 2. The van der Waals surface area contributed by atoms with Crippen molar-refractivity contribution in [3.05, 3.63) is 70.6 Å². The van der Waals surface area contributed by atoms with Gasteiger partial charge in [-0.15, -0.1) is 0 Å². The molecule has 3 heterocycles. The van der Waals surface area contributed by atoms with Crippen molar-refractivity contribution in [2.24, 2.45) is 0 Å². The molecule has 2 aliphatic heterocycles. The average molecular weight is 456 g/mol. The lowest BCUT2D eigenvalue weighted by Gasteiger charge is -2.32. The molecule has 1 saturated heterocycles. The van der Waals surface area contributed by atoms with Gasteiger partial charge in [0.25, 0.3) is 5.79 Å². The van der Waals surface area contributed by atoms with Crippen LogP contribution >= 0.6 is 11.6 Å². The third-order valence-electron chi connectivity index (χ3n) is 5.64. The Kier molecular flexibility index (Phi) is 5.19. The van der Waals surface area contributed by atoms with Crippen LogP contribution in [0, 0.1) is 5.82 Å². The van der Waals surface area contributed by atoms with Gasteiger partial charge in [0, 0.05) is 11.1 Å². The van der Waals surface area contributed by atoms with E-state index in [9.17, 15) is 14.0 Å². The number of nitrogens with zero attached hydrogens (tertiary/aromatic N) is 2. The number of halogens is 2. The van der Waals surface area contributed by atoms with E-state index in [1.165, 1.54) is 12.1 Å². The maximum Gasteiger partial charge on any atom is 0.309 e. The largest absolute Gasteiger partial charge is 0.416 e. The topological polar surface area (TPSA) is 82.5 Å². The molecular formula is C23H19ClFN3O4. The number of ether oxygens (including phenoxy) is 2. The van der Waals surface area contributed by atoms with Crippen LogP contribution in [0.1, 0.15) is 24.0 Å². The highest BCUT2D eigenvalue weighted by atomic mass is 35.5. The van der Waals surface area contributed by atoms with Gasteiger partial charge in [-0.2, -0.15) is 5.10 Å². The van der Waals surface area contributed by atoms with Crippen LogP contribution in [-0.2, 0) is 31.3 Å². The smallest absolute Gasteiger partial charge is 0.309 e. The molecule has 0 saturated carbocycles. The van der Waals surface area contributed by atoms with Gasteiger partial charge in [0.05, 0.1) is 42.0 Å². The molecule has 2 aliphatic rings. The number of fused-ring (bicyclic) bond motifs is 2. The van der Waals surface area contributed by atoms with Gasteiger partial charge in [0.2, 0.25) is 0 Å². The van der Waals surface area contributed by atoms with E-state index in [1.54, 1.807) is 41.2 Å². The van der Waals surface area contributed by atoms with Gasteiger partial charge >= 0.3 is 11.9 Å². The predicted octanol–water partition coefficient (Wildman–Crippen LogP) is 3.51. The van der Waals surface area contributed by atoms with Crippen molar-refractivity contribution in [2.45, 2.75) is 25.0 Å². The lowest BCUT2D eigenvalue weighted by molar-refractivity contribution is -0.225. The minimum atomic E-state index is -1.58. The van der Waals surface area contributed by atoms with Gasteiger partial charge in [-0.1, -0.05) is 11.6 Å². The maximum absolute atomic E-state index is 13.5. The minimum Gasteiger partial charge on any atom is -0.416 e. The Labute approximate surface area is 188 Å². The summed E-state index contributed by atoms with van der Waals surface area (Å²) in [6.45, 7) is 0.673. The molecule has 0 aliphatic carbocycles. The summed E-state index contributed by atoms with van der Waals surface area (Å²) in [6, 6.07) is 11.3. The number of nitrogens with one attached hydrogen (secondary N) is 1. The summed E-state index contributed by atoms with van der Waals surface area (Å²) in [5.74, 6) is -2.93. The first kappa shape index (κ1) is 20.7. The molecule has 5 rings (SSSR count). The van der Waals surface area contributed by atoms with Crippen LogP contribution in [-0.4, -0.2) is 34.8 Å². The van der Waals surface area contributed by atoms with E-state index >= 15 is 0 Å². The lowest BCUT2D eigenvalue weighted by atomic mass is 9.96. The normalized spacial score (nSPS) is 17.8. The zero-order valence-electron chi connectivity index (χ0n) is 16.9. The molecule has 7 nitrogen and oxygen atoms in total. The Morgan fingerprint density at radius 3 is 2.44 bits per heavy atom. The number of hydrogen-bond donors (Lipinski definition) is 1. The first-order valence-corrected chi connectivity index (χ1v) is 10.6. The second kappa shape index (κ2) is 8.03. The van der Waals surface area contributed by atoms with Crippen LogP contribution in [0.2, 0.25) is 5.02 Å². The molecule has 9 heteroatoms. The molecule has 164 valence electrons. The first-order valence-electron chi connectivity index (χ1n) is 10.2. The van der Waals surface area contributed by atoms with Crippen LogP contribution in [0.5, 0.6) is 0 Å². The van der Waals surface area contributed by atoms with Crippen LogP contribution in [0.3, 0.4) is 0 Å². The van der Waals surface area contributed by atoms with E-state index in [-0.39, 0.29) is 25.2 Å². The number of esters is 2. The number of aromatic nitrogens is 2. The Morgan fingerprint density at radius 2 is 1.72 bits per heavy atom. The van der Waals surface area contributed by atoms with Crippen molar-refractivity contribution >= 4 is 23.5 Å². The van der Waals surface area contributed by atoms with Crippen molar-refractivity contribution in [3.8, 4) is 16.9 Å². The summed E-state index contributed by atoms with van der Waals surface area (Å²) < 4.78 is 26.5. The Bertz CT molecular complexity index is 1190. The summed E-state index contributed by atoms with van der Waals surface area (Å²) in [6.07, 6.45) is 2.09. The van der Waals surface area contributed by atoms with Gasteiger partial charge in [-0.25, -0.2) is 9.07 Å². The molecule has 0 radical (unpaired) electrons. The molecule has 2 aromatic carbocycles. The van der Waals surface area contributed by atoms with E-state index in [0.717, 1.165) is 11.1 Å². The van der Waals surface area contributed by atoms with E-state index in [1.807, 2.05) is 0 Å². The summed E-state index contributed by atoms with van der Waals surface area (Å²) >= 11 is 6.65. The van der Waals surface area contributed by atoms with Crippen LogP contribution in [0.25, 0.3) is 16.9 Å². The zero-order chi connectivity index (χ0) is 22.3. The first-order chi connectivity index (χ1) is 15.5. The molecule has 1 spiro atoms. The fraction of sp³-hybridized carbons (Fsp3) is 0.261. The predicted molar refractivity (Wildman–Crippen MR) is 114 cm³/mol. The van der Waals surface area contributed by atoms with E-state index in [2.05, 4.69) is 10.4 Å². The van der Waals surface area contributed by atoms with E-state index in [4.69, 9.17) is 21.1 Å². The Balaban J connectivity index is 1.71. The summed E-state index contributed by atoms with van der Waals surface area (Å²) in [5.41, 5.74) is 3.35. The third-order valence-corrected chi connectivity index (χ3v) is 5.94. The second-order valence-electron chi connectivity index (χ2n) is 7.69. The molecule has 1 N–H and O–H groups in total. The number of hydrogen-bond acceptors (Lipinski definition) is 6. The lowest BCUT2D eigenvalue weighted by Crippen LogP contribution is -2.43. The van der Waals surface area contributed by atoms with Crippen molar-refractivity contribution < 1.29 is 23.5 Å². The zero-order valence-corrected chi connectivity index (χ0v) is 17.7. The quantitative estimate of drug-likeness (QED) is 0.595. The highest BCUT2D eigenvalue weighted by molar-refractivity contribution is 6.32. The molecule has 0 bridgehead atoms. The monoisotopic (exact) mass is 455 g/mol. The summed E-state index contributed by atoms with van der Waals surface area (Å²) in [5, 5.41) is 8.10. The molecule has 0 atom stereocenters. The molecule has 32 heavy (non-hydrogen) atoms. The molecular weight excluding hydrogens is 437 g/mol. The summed E-state index contributed by atoms with van der Waals surface area (Å²) in [7, 11) is 0. The second-order valence-corrected chi connectivity index (χ2v) is 8.09. The van der Waals surface area contributed by atoms with E-state index < -0.39 is 17.7 Å². The van der Waals surface area contributed by atoms with E-state index in [0.29, 0.717) is 34.9 Å². The summed E-state index contributed by atoms with van der Waals surface area (Å²) in [4.78, 5) is 24.6. The number of benzene rings is 2. The van der Waals surface area contributed by atoms with Crippen molar-refractivity contribution in [3.63, 3.8) is 0 Å². The van der Waals surface area contributed by atoms with Crippen LogP contribution in [0.15, 0.2) is 48.7 Å². The van der Waals surface area contributed by atoms with Gasteiger partial charge in [0.1, 0.15) is 5.82 Å². The average Bonchev–Trinajstić information content (AvgIpc) is 3.11. The fourth-order valence-corrected chi connectivity index (χ4v) is 4.46. The van der Waals surface area contributed by atoms with Crippen molar-refractivity contribution in [2.75, 3.05) is 13.1 Å². The van der Waals surface area contributed by atoms with Gasteiger partial charge in [0.15, 0.2) is 0 Å². The highest BCUT2D eigenvalue weighted by Crippen LogP contribution is 2.40. The van der Waals surface area contributed by atoms with Crippen LogP contribution in [0.4, 0.5) is 4.39 Å². The maximum atomic E-state index is 13.5.